The number of ether oxygens (including phenoxy) is 1. The van der Waals surface area contributed by atoms with Crippen molar-refractivity contribution in [2.45, 2.75) is 69.4 Å². The molecule has 5 aliphatic carbocycles. The maximum Gasteiger partial charge on any atom is 0.227 e. The molecule has 4 nitrogen and oxygen atoms in total. The molecule has 4 heteroatoms. The second-order valence-electron chi connectivity index (χ2n) is 10.3. The van der Waals surface area contributed by atoms with E-state index in [1.165, 1.54) is 6.42 Å². The van der Waals surface area contributed by atoms with Gasteiger partial charge in [0.25, 0.3) is 0 Å². The first-order valence-electron chi connectivity index (χ1n) is 12.0. The summed E-state index contributed by atoms with van der Waals surface area (Å²) in [6.45, 7) is 0.713. The topological polar surface area (TPSA) is 58.6 Å². The molecule has 0 spiro atoms. The van der Waals surface area contributed by atoms with Gasteiger partial charge in [-0.3, -0.25) is 4.79 Å². The van der Waals surface area contributed by atoms with Crippen molar-refractivity contribution in [3.8, 4) is 0 Å². The largest absolute Gasteiger partial charge is 0.494 e. The van der Waals surface area contributed by atoms with E-state index in [9.17, 15) is 9.90 Å². The van der Waals surface area contributed by atoms with E-state index in [4.69, 9.17) is 4.74 Å². The Morgan fingerprint density at radius 3 is 2.90 bits per heavy atom. The van der Waals surface area contributed by atoms with Gasteiger partial charge in [0.05, 0.1) is 18.1 Å². The third-order valence-electron chi connectivity index (χ3n) is 8.13. The maximum absolute atomic E-state index is 13.0. The Labute approximate surface area is 180 Å². The first-order valence-corrected chi connectivity index (χ1v) is 12.0. The molecule has 30 heavy (non-hydrogen) atoms. The first kappa shape index (κ1) is 20.1. The molecule has 3 saturated carbocycles. The zero-order chi connectivity index (χ0) is 20.6. The average molecular weight is 410 g/mol. The summed E-state index contributed by atoms with van der Waals surface area (Å²) in [5, 5.41) is 14.2. The molecule has 5 aliphatic rings. The van der Waals surface area contributed by atoms with Crippen LogP contribution in [0.5, 0.6) is 0 Å². The van der Waals surface area contributed by atoms with E-state index < -0.39 is 5.60 Å². The lowest BCUT2D eigenvalue weighted by atomic mass is 9.77. The number of hydrogen-bond acceptors (Lipinski definition) is 3. The van der Waals surface area contributed by atoms with Gasteiger partial charge in [0.1, 0.15) is 5.76 Å². The number of carbonyl (C=O) groups excluding carboxylic acids is 1. The zero-order valence-electron chi connectivity index (χ0n) is 17.8. The SMILES string of the molecule is O=C(NC1CCC2CC3CC(O)(C2)CC31)C1C=CC(OCCC2C=CC=CC2)=CC1. The van der Waals surface area contributed by atoms with E-state index in [-0.39, 0.29) is 17.9 Å². The van der Waals surface area contributed by atoms with Crippen LogP contribution in [0.25, 0.3) is 0 Å². The van der Waals surface area contributed by atoms with Crippen molar-refractivity contribution < 1.29 is 14.6 Å². The molecule has 5 rings (SSSR count). The second kappa shape index (κ2) is 8.37. The lowest BCUT2D eigenvalue weighted by molar-refractivity contribution is -0.124. The molecular weight excluding hydrogens is 374 g/mol. The van der Waals surface area contributed by atoms with Crippen molar-refractivity contribution in [2.75, 3.05) is 6.61 Å². The van der Waals surface area contributed by atoms with E-state index in [0.717, 1.165) is 50.7 Å². The maximum atomic E-state index is 13.0. The van der Waals surface area contributed by atoms with Crippen molar-refractivity contribution in [3.63, 3.8) is 0 Å². The van der Waals surface area contributed by atoms with Crippen molar-refractivity contribution in [1.29, 1.82) is 0 Å². The van der Waals surface area contributed by atoms with Gasteiger partial charge in [0.15, 0.2) is 0 Å². The molecule has 0 aromatic carbocycles. The van der Waals surface area contributed by atoms with Crippen molar-refractivity contribution in [2.24, 2.45) is 29.6 Å². The third kappa shape index (κ3) is 4.30. The molecule has 7 atom stereocenters. The molecule has 0 aromatic heterocycles. The highest BCUT2D eigenvalue weighted by Crippen LogP contribution is 2.55. The standard InChI is InChI=1S/C26H35NO3/c28-25(27-24-11-6-19-14-21-16-26(29,15-19)17-23(21)24)20-7-9-22(10-8-20)30-13-12-18-4-2-1-3-5-18/h1-4,7,9-10,18-21,23-24,29H,5-6,8,11-17H2,(H,27,28). The Morgan fingerprint density at radius 1 is 1.17 bits per heavy atom. The minimum Gasteiger partial charge on any atom is -0.494 e. The lowest BCUT2D eigenvalue weighted by Crippen LogP contribution is -2.44. The second-order valence-corrected chi connectivity index (χ2v) is 10.3. The predicted molar refractivity (Wildman–Crippen MR) is 117 cm³/mol. The summed E-state index contributed by atoms with van der Waals surface area (Å²) in [5.74, 6) is 3.20. The Kier molecular flexibility index (Phi) is 5.61. The zero-order valence-corrected chi connectivity index (χ0v) is 17.8. The van der Waals surface area contributed by atoms with Crippen LogP contribution in [0.15, 0.2) is 48.3 Å². The van der Waals surface area contributed by atoms with Crippen LogP contribution in [0.2, 0.25) is 0 Å². The van der Waals surface area contributed by atoms with Gasteiger partial charge in [0.2, 0.25) is 5.91 Å². The van der Waals surface area contributed by atoms with Gasteiger partial charge in [-0.15, -0.1) is 0 Å². The van der Waals surface area contributed by atoms with Gasteiger partial charge in [-0.2, -0.15) is 0 Å². The summed E-state index contributed by atoms with van der Waals surface area (Å²) in [6, 6.07) is 0.231. The van der Waals surface area contributed by atoms with Gasteiger partial charge in [-0.05, 0) is 93.6 Å². The first-order chi connectivity index (χ1) is 14.6. The van der Waals surface area contributed by atoms with Crippen LogP contribution >= 0.6 is 0 Å². The predicted octanol–water partition coefficient (Wildman–Crippen LogP) is 4.43. The molecule has 0 aliphatic heterocycles. The Morgan fingerprint density at radius 2 is 2.10 bits per heavy atom. The van der Waals surface area contributed by atoms with E-state index in [1.54, 1.807) is 0 Å². The highest BCUT2D eigenvalue weighted by atomic mass is 16.5. The molecule has 3 bridgehead atoms. The molecule has 2 N–H and O–H groups in total. The van der Waals surface area contributed by atoms with E-state index in [0.29, 0.717) is 36.7 Å². The van der Waals surface area contributed by atoms with E-state index in [2.05, 4.69) is 35.7 Å². The molecule has 0 aromatic rings. The van der Waals surface area contributed by atoms with Crippen molar-refractivity contribution in [3.05, 3.63) is 48.3 Å². The number of allylic oxidation sites excluding steroid dienone is 6. The number of aliphatic hydroxyl groups is 1. The number of fused-ring (bicyclic) bond motifs is 2. The molecular formula is C26H35NO3. The van der Waals surface area contributed by atoms with Gasteiger partial charge in [0, 0.05) is 6.04 Å². The molecule has 7 unspecified atom stereocenters. The van der Waals surface area contributed by atoms with Crippen LogP contribution in [0.4, 0.5) is 0 Å². The van der Waals surface area contributed by atoms with E-state index in [1.807, 2.05) is 12.2 Å². The summed E-state index contributed by atoms with van der Waals surface area (Å²) >= 11 is 0. The third-order valence-corrected chi connectivity index (χ3v) is 8.13. The fourth-order valence-corrected chi connectivity index (χ4v) is 6.67. The lowest BCUT2D eigenvalue weighted by Gasteiger charge is -2.34. The van der Waals surface area contributed by atoms with Crippen LogP contribution in [0, 0.1) is 29.6 Å². The summed E-state index contributed by atoms with van der Waals surface area (Å²) < 4.78 is 5.92. The van der Waals surface area contributed by atoms with Crippen molar-refractivity contribution in [1.82, 2.24) is 5.32 Å². The molecule has 1 amide bonds. The summed E-state index contributed by atoms with van der Waals surface area (Å²) in [4.78, 5) is 13.0. The van der Waals surface area contributed by atoms with Crippen LogP contribution in [-0.2, 0) is 9.53 Å². The molecule has 162 valence electrons. The molecule has 3 fully saturated rings. The van der Waals surface area contributed by atoms with Crippen LogP contribution < -0.4 is 5.32 Å². The number of rotatable bonds is 6. The fraction of sp³-hybridized carbons (Fsp3) is 0.654. The average Bonchev–Trinajstić information content (AvgIpc) is 2.93. The van der Waals surface area contributed by atoms with Crippen LogP contribution in [0.3, 0.4) is 0 Å². The highest BCUT2D eigenvalue weighted by Gasteiger charge is 2.53. The normalized spacial score (nSPS) is 41.4. The summed E-state index contributed by atoms with van der Waals surface area (Å²) in [7, 11) is 0. The Balaban J connectivity index is 1.10. The van der Waals surface area contributed by atoms with Gasteiger partial charge in [-0.25, -0.2) is 0 Å². The van der Waals surface area contributed by atoms with Gasteiger partial charge >= 0.3 is 0 Å². The molecule has 0 saturated heterocycles. The number of amides is 1. The Bertz CT molecular complexity index is 781. The quantitative estimate of drug-likeness (QED) is 0.682. The highest BCUT2D eigenvalue weighted by molar-refractivity contribution is 5.81. The molecule has 0 radical (unpaired) electrons. The monoisotopic (exact) mass is 409 g/mol. The summed E-state index contributed by atoms with van der Waals surface area (Å²) in [6.07, 6.45) is 23.8. The number of carbonyl (C=O) groups is 1. The smallest absolute Gasteiger partial charge is 0.227 e. The van der Waals surface area contributed by atoms with E-state index >= 15 is 0 Å². The fourth-order valence-electron chi connectivity index (χ4n) is 6.67. The minimum atomic E-state index is -0.453. The summed E-state index contributed by atoms with van der Waals surface area (Å²) in [5.41, 5.74) is -0.453. The van der Waals surface area contributed by atoms with Gasteiger partial charge < -0.3 is 15.2 Å². The number of nitrogens with one attached hydrogen (secondary N) is 1. The number of hydrogen-bond donors (Lipinski definition) is 2. The van der Waals surface area contributed by atoms with Crippen LogP contribution in [0.1, 0.15) is 57.8 Å². The van der Waals surface area contributed by atoms with Gasteiger partial charge in [-0.1, -0.05) is 30.4 Å². The molecule has 0 heterocycles. The Hall–Kier alpha value is -1.81. The van der Waals surface area contributed by atoms with Crippen LogP contribution in [-0.4, -0.2) is 29.3 Å². The van der Waals surface area contributed by atoms with Crippen molar-refractivity contribution >= 4 is 5.91 Å². The minimum absolute atomic E-state index is 0.107.